The Hall–Kier alpha value is -3.52. The van der Waals surface area contributed by atoms with Gasteiger partial charge >= 0.3 is 5.97 Å². The lowest BCUT2D eigenvalue weighted by molar-refractivity contribution is -0.139. The van der Waals surface area contributed by atoms with Crippen LogP contribution in [0.5, 0.6) is 0 Å². The highest BCUT2D eigenvalue weighted by Crippen LogP contribution is 2.30. The number of carboxylic acid groups (broad SMARTS) is 1. The van der Waals surface area contributed by atoms with E-state index in [1.165, 1.54) is 0 Å². The van der Waals surface area contributed by atoms with Crippen molar-refractivity contribution in [1.82, 2.24) is 10.2 Å². The standard InChI is InChI=1S/C34H37ClN2O4S/c1-22(2)37(21-27-14-16-32(41-27)25-10-12-26(35)13-11-25)20-24-9-15-29(30(19-24)28-8-6-5-7-23(28)3)33(38)36-31(34(39)40)17-18-42-4/h5-16,19,22,31H,17-18,20-21H2,1-4H3,(H,36,38)(H,39,40). The predicted molar refractivity (Wildman–Crippen MR) is 172 cm³/mol. The maximum absolute atomic E-state index is 13.4. The van der Waals surface area contributed by atoms with E-state index in [0.29, 0.717) is 35.8 Å². The summed E-state index contributed by atoms with van der Waals surface area (Å²) in [4.78, 5) is 27.6. The van der Waals surface area contributed by atoms with Crippen LogP contribution >= 0.6 is 23.4 Å². The van der Waals surface area contributed by atoms with Crippen LogP contribution in [-0.2, 0) is 17.9 Å². The molecule has 0 aliphatic rings. The van der Waals surface area contributed by atoms with Crippen molar-refractivity contribution in [2.75, 3.05) is 12.0 Å². The van der Waals surface area contributed by atoms with Gasteiger partial charge in [0.1, 0.15) is 17.6 Å². The van der Waals surface area contributed by atoms with E-state index in [1.807, 2.05) is 92.0 Å². The molecule has 1 unspecified atom stereocenters. The molecule has 1 aromatic heterocycles. The summed E-state index contributed by atoms with van der Waals surface area (Å²) in [7, 11) is 0. The summed E-state index contributed by atoms with van der Waals surface area (Å²) in [5.74, 6) is 0.868. The molecule has 0 radical (unpaired) electrons. The SMILES string of the molecule is CSCCC(NC(=O)c1ccc(CN(Cc2ccc(-c3ccc(Cl)cc3)o2)C(C)C)cc1-c1ccccc1C)C(=O)O. The number of hydrogen-bond acceptors (Lipinski definition) is 5. The molecule has 4 aromatic rings. The van der Waals surface area contributed by atoms with Crippen molar-refractivity contribution in [2.24, 2.45) is 0 Å². The lowest BCUT2D eigenvalue weighted by Gasteiger charge is -2.26. The summed E-state index contributed by atoms with van der Waals surface area (Å²) >= 11 is 7.59. The summed E-state index contributed by atoms with van der Waals surface area (Å²) in [6, 6.07) is 24.6. The number of thioether (sulfide) groups is 1. The van der Waals surface area contributed by atoms with Gasteiger partial charge in [-0.1, -0.05) is 41.9 Å². The number of nitrogens with one attached hydrogen (secondary N) is 1. The van der Waals surface area contributed by atoms with Crippen molar-refractivity contribution < 1.29 is 19.1 Å². The smallest absolute Gasteiger partial charge is 0.326 e. The van der Waals surface area contributed by atoms with Crippen LogP contribution in [0.3, 0.4) is 0 Å². The van der Waals surface area contributed by atoms with Crippen molar-refractivity contribution in [2.45, 2.75) is 52.4 Å². The van der Waals surface area contributed by atoms with Gasteiger partial charge in [-0.05, 0) is 110 Å². The summed E-state index contributed by atoms with van der Waals surface area (Å²) in [6.07, 6.45) is 2.27. The van der Waals surface area contributed by atoms with Crippen molar-refractivity contribution in [3.05, 3.63) is 106 Å². The molecular weight excluding hydrogens is 568 g/mol. The molecular formula is C34H37ClN2O4S. The van der Waals surface area contributed by atoms with Crippen molar-refractivity contribution in [1.29, 1.82) is 0 Å². The number of furan rings is 1. The Morgan fingerprint density at radius 3 is 2.38 bits per heavy atom. The number of aliphatic carboxylic acids is 1. The number of aryl methyl sites for hydroxylation is 1. The van der Waals surface area contributed by atoms with E-state index in [1.54, 1.807) is 11.8 Å². The number of hydrogen-bond donors (Lipinski definition) is 2. The number of rotatable bonds is 13. The Bertz CT molecular complexity index is 1520. The van der Waals surface area contributed by atoms with Crippen molar-refractivity contribution >= 4 is 35.2 Å². The number of benzene rings is 3. The Morgan fingerprint density at radius 2 is 1.71 bits per heavy atom. The van der Waals surface area contributed by atoms with Gasteiger partial charge < -0.3 is 14.8 Å². The van der Waals surface area contributed by atoms with E-state index in [4.69, 9.17) is 16.0 Å². The van der Waals surface area contributed by atoms with Gasteiger partial charge in [-0.2, -0.15) is 11.8 Å². The second-order valence-corrected chi connectivity index (χ2v) is 12.0. The molecule has 2 N–H and O–H groups in total. The van der Waals surface area contributed by atoms with Crippen LogP contribution in [0, 0.1) is 6.92 Å². The zero-order chi connectivity index (χ0) is 30.2. The van der Waals surface area contributed by atoms with Crippen LogP contribution in [0.1, 0.15) is 47.5 Å². The Kier molecular flexibility index (Phi) is 10.9. The molecule has 0 fully saturated rings. The van der Waals surface area contributed by atoms with Crippen molar-refractivity contribution in [3.8, 4) is 22.5 Å². The second-order valence-electron chi connectivity index (χ2n) is 10.6. The first-order chi connectivity index (χ1) is 20.2. The van der Waals surface area contributed by atoms with E-state index >= 15 is 0 Å². The largest absolute Gasteiger partial charge is 0.480 e. The number of carboxylic acids is 1. The highest BCUT2D eigenvalue weighted by atomic mass is 35.5. The summed E-state index contributed by atoms with van der Waals surface area (Å²) in [5, 5.41) is 13.1. The highest BCUT2D eigenvalue weighted by Gasteiger charge is 2.23. The molecule has 3 aromatic carbocycles. The third kappa shape index (κ3) is 8.06. The quantitative estimate of drug-likeness (QED) is 0.161. The molecule has 0 saturated heterocycles. The monoisotopic (exact) mass is 604 g/mol. The van der Waals surface area contributed by atoms with Gasteiger partial charge in [0.05, 0.1) is 6.54 Å². The summed E-state index contributed by atoms with van der Waals surface area (Å²) in [6.45, 7) is 7.56. The zero-order valence-corrected chi connectivity index (χ0v) is 26.0. The fourth-order valence-corrected chi connectivity index (χ4v) is 5.40. The number of halogens is 1. The maximum Gasteiger partial charge on any atom is 0.326 e. The van der Waals surface area contributed by atoms with Crippen LogP contribution in [0.4, 0.5) is 0 Å². The minimum absolute atomic E-state index is 0.228. The molecule has 1 atom stereocenters. The molecule has 0 saturated carbocycles. The van der Waals surface area contributed by atoms with E-state index < -0.39 is 12.0 Å². The lowest BCUT2D eigenvalue weighted by atomic mass is 9.93. The van der Waals surface area contributed by atoms with Crippen LogP contribution in [-0.4, -0.2) is 46.0 Å². The van der Waals surface area contributed by atoms with Crippen LogP contribution in [0.25, 0.3) is 22.5 Å². The molecule has 6 nitrogen and oxygen atoms in total. The average Bonchev–Trinajstić information content (AvgIpc) is 3.43. The van der Waals surface area contributed by atoms with Crippen LogP contribution in [0.15, 0.2) is 83.3 Å². The molecule has 0 aliphatic carbocycles. The third-order valence-electron chi connectivity index (χ3n) is 7.24. The fraction of sp³-hybridized carbons (Fsp3) is 0.294. The van der Waals surface area contributed by atoms with Gasteiger partial charge in [-0.15, -0.1) is 0 Å². The number of carbonyl (C=O) groups excluding carboxylic acids is 1. The molecule has 0 aliphatic heterocycles. The second kappa shape index (κ2) is 14.6. The summed E-state index contributed by atoms with van der Waals surface area (Å²) in [5.41, 5.74) is 5.22. The molecule has 1 amide bonds. The fourth-order valence-electron chi connectivity index (χ4n) is 4.80. The Balaban J connectivity index is 1.60. The van der Waals surface area contributed by atoms with E-state index in [0.717, 1.165) is 39.3 Å². The minimum Gasteiger partial charge on any atom is -0.480 e. The molecule has 42 heavy (non-hydrogen) atoms. The first-order valence-electron chi connectivity index (χ1n) is 14.0. The molecule has 0 spiro atoms. The van der Waals surface area contributed by atoms with Gasteiger partial charge in [-0.3, -0.25) is 9.69 Å². The zero-order valence-electron chi connectivity index (χ0n) is 24.4. The van der Waals surface area contributed by atoms with E-state index in [9.17, 15) is 14.7 Å². The highest BCUT2D eigenvalue weighted by molar-refractivity contribution is 7.98. The van der Waals surface area contributed by atoms with Gasteiger partial charge in [-0.25, -0.2) is 4.79 Å². The van der Waals surface area contributed by atoms with Crippen LogP contribution < -0.4 is 5.32 Å². The predicted octanol–water partition coefficient (Wildman–Crippen LogP) is 7.92. The minimum atomic E-state index is -1.03. The first kappa shape index (κ1) is 31.4. The van der Waals surface area contributed by atoms with Gasteiger partial charge in [0.15, 0.2) is 0 Å². The lowest BCUT2D eigenvalue weighted by Crippen LogP contribution is -2.41. The Labute approximate surface area is 257 Å². The average molecular weight is 605 g/mol. The molecule has 8 heteroatoms. The molecule has 1 heterocycles. The van der Waals surface area contributed by atoms with Gasteiger partial charge in [0.25, 0.3) is 5.91 Å². The number of carbonyl (C=O) groups is 2. The van der Waals surface area contributed by atoms with Gasteiger partial charge in [0.2, 0.25) is 0 Å². The third-order valence-corrected chi connectivity index (χ3v) is 8.14. The Morgan fingerprint density at radius 1 is 0.976 bits per heavy atom. The van der Waals surface area contributed by atoms with Gasteiger partial charge in [0, 0.05) is 28.7 Å². The normalized spacial score (nSPS) is 12.1. The number of amides is 1. The summed E-state index contributed by atoms with van der Waals surface area (Å²) < 4.78 is 6.18. The van der Waals surface area contributed by atoms with E-state index in [2.05, 4.69) is 24.1 Å². The maximum atomic E-state index is 13.4. The molecule has 0 bridgehead atoms. The topological polar surface area (TPSA) is 82.8 Å². The first-order valence-corrected chi connectivity index (χ1v) is 15.7. The van der Waals surface area contributed by atoms with Crippen molar-refractivity contribution in [3.63, 3.8) is 0 Å². The van der Waals surface area contributed by atoms with Crippen LogP contribution in [0.2, 0.25) is 5.02 Å². The molecule has 220 valence electrons. The van der Waals surface area contributed by atoms with E-state index in [-0.39, 0.29) is 11.9 Å². The number of nitrogens with zero attached hydrogens (tertiary/aromatic N) is 1. The molecule has 4 rings (SSSR count).